The van der Waals surface area contributed by atoms with Gasteiger partial charge in [0, 0.05) is 18.8 Å². The number of aryl methyl sites for hydroxylation is 1. The Balaban J connectivity index is 1.97. The summed E-state index contributed by atoms with van der Waals surface area (Å²) in [5.41, 5.74) is 2.42. The number of rotatable bonds is 9. The van der Waals surface area contributed by atoms with Gasteiger partial charge in [0.1, 0.15) is 0 Å². The summed E-state index contributed by atoms with van der Waals surface area (Å²) in [6.07, 6.45) is 1.06. The third-order valence-electron chi connectivity index (χ3n) is 2.31. The number of ether oxygens (including phenoxy) is 2. The van der Waals surface area contributed by atoms with Gasteiger partial charge in [0.2, 0.25) is 0 Å². The topological polar surface area (TPSA) is 30.5 Å². The molecular formula is C14H23NO2. The first kappa shape index (κ1) is 14.0. The fourth-order valence-corrected chi connectivity index (χ4v) is 1.49. The average molecular weight is 237 g/mol. The van der Waals surface area contributed by atoms with Crippen molar-refractivity contribution in [2.45, 2.75) is 20.3 Å². The molecule has 0 radical (unpaired) electrons. The van der Waals surface area contributed by atoms with Crippen molar-refractivity contribution in [3.63, 3.8) is 0 Å². The summed E-state index contributed by atoms with van der Waals surface area (Å²) in [5, 5.41) is 3.32. The van der Waals surface area contributed by atoms with Crippen LogP contribution >= 0.6 is 0 Å². The van der Waals surface area contributed by atoms with Gasteiger partial charge in [-0.3, -0.25) is 0 Å². The minimum absolute atomic E-state index is 0.676. The lowest BCUT2D eigenvalue weighted by molar-refractivity contribution is 0.0519. The zero-order valence-corrected chi connectivity index (χ0v) is 10.9. The van der Waals surface area contributed by atoms with Crippen LogP contribution in [-0.2, 0) is 9.47 Å². The highest BCUT2D eigenvalue weighted by Crippen LogP contribution is 2.08. The van der Waals surface area contributed by atoms with Gasteiger partial charge in [-0.05, 0) is 31.0 Å². The molecule has 1 aromatic carbocycles. The molecule has 96 valence electrons. The lowest BCUT2D eigenvalue weighted by atomic mass is 10.2. The van der Waals surface area contributed by atoms with E-state index in [1.807, 2.05) is 0 Å². The standard InChI is InChI=1S/C14H23NO2/c1-3-8-16-10-11-17-9-7-15-14-6-4-5-13(2)12-14/h4-6,12,15H,3,7-11H2,1-2H3. The molecule has 0 aliphatic carbocycles. The molecular weight excluding hydrogens is 214 g/mol. The minimum atomic E-state index is 0.676. The Kier molecular flexibility index (Phi) is 7.43. The van der Waals surface area contributed by atoms with Gasteiger partial charge >= 0.3 is 0 Å². The maximum absolute atomic E-state index is 5.44. The Labute approximate surface area is 104 Å². The summed E-state index contributed by atoms with van der Waals surface area (Å²) in [5.74, 6) is 0. The second-order valence-electron chi connectivity index (χ2n) is 4.02. The predicted molar refractivity (Wildman–Crippen MR) is 71.6 cm³/mol. The first-order valence-corrected chi connectivity index (χ1v) is 6.29. The van der Waals surface area contributed by atoms with E-state index in [0.717, 1.165) is 25.3 Å². The zero-order valence-electron chi connectivity index (χ0n) is 10.9. The van der Waals surface area contributed by atoms with Crippen molar-refractivity contribution in [3.8, 4) is 0 Å². The van der Waals surface area contributed by atoms with Crippen LogP contribution in [0.25, 0.3) is 0 Å². The van der Waals surface area contributed by atoms with Gasteiger partial charge in [0.05, 0.1) is 19.8 Å². The van der Waals surface area contributed by atoms with Crippen LogP contribution in [0.15, 0.2) is 24.3 Å². The lowest BCUT2D eigenvalue weighted by Gasteiger charge is -2.08. The summed E-state index contributed by atoms with van der Waals surface area (Å²) in [7, 11) is 0. The van der Waals surface area contributed by atoms with Gasteiger partial charge in [-0.25, -0.2) is 0 Å². The van der Waals surface area contributed by atoms with Crippen molar-refractivity contribution < 1.29 is 9.47 Å². The van der Waals surface area contributed by atoms with E-state index in [2.05, 4.69) is 43.4 Å². The van der Waals surface area contributed by atoms with E-state index in [1.54, 1.807) is 0 Å². The van der Waals surface area contributed by atoms with Crippen LogP contribution < -0.4 is 5.32 Å². The Morgan fingerprint density at radius 1 is 1.06 bits per heavy atom. The fraction of sp³-hybridized carbons (Fsp3) is 0.571. The van der Waals surface area contributed by atoms with E-state index < -0.39 is 0 Å². The SMILES string of the molecule is CCCOCCOCCNc1cccc(C)c1. The van der Waals surface area contributed by atoms with E-state index in [1.165, 1.54) is 5.56 Å². The molecule has 0 aromatic heterocycles. The third kappa shape index (κ3) is 6.97. The highest BCUT2D eigenvalue weighted by molar-refractivity contribution is 5.45. The first-order valence-electron chi connectivity index (χ1n) is 6.29. The molecule has 1 N–H and O–H groups in total. The molecule has 1 rings (SSSR count). The maximum atomic E-state index is 5.44. The molecule has 0 spiro atoms. The van der Waals surface area contributed by atoms with Crippen molar-refractivity contribution >= 4 is 5.69 Å². The molecule has 0 amide bonds. The van der Waals surface area contributed by atoms with Crippen molar-refractivity contribution in [2.75, 3.05) is 38.3 Å². The average Bonchev–Trinajstić information content (AvgIpc) is 2.33. The number of nitrogens with one attached hydrogen (secondary N) is 1. The van der Waals surface area contributed by atoms with E-state index in [0.29, 0.717) is 19.8 Å². The molecule has 3 nitrogen and oxygen atoms in total. The molecule has 0 aliphatic rings. The second-order valence-corrected chi connectivity index (χ2v) is 4.02. The van der Waals surface area contributed by atoms with Gasteiger partial charge in [-0.15, -0.1) is 0 Å². The molecule has 3 heteroatoms. The summed E-state index contributed by atoms with van der Waals surface area (Å²) in [6.45, 7) is 7.93. The van der Waals surface area contributed by atoms with Crippen LogP contribution in [0.5, 0.6) is 0 Å². The predicted octanol–water partition coefficient (Wildman–Crippen LogP) is 2.85. The third-order valence-corrected chi connectivity index (χ3v) is 2.31. The van der Waals surface area contributed by atoms with Crippen LogP contribution in [0.3, 0.4) is 0 Å². The number of benzene rings is 1. The van der Waals surface area contributed by atoms with Crippen LogP contribution in [-0.4, -0.2) is 33.0 Å². The molecule has 0 saturated carbocycles. The number of hydrogen-bond acceptors (Lipinski definition) is 3. The molecule has 0 atom stereocenters. The Hall–Kier alpha value is -1.06. The molecule has 1 aromatic rings. The second kappa shape index (κ2) is 9.02. The zero-order chi connectivity index (χ0) is 12.3. The van der Waals surface area contributed by atoms with E-state index in [4.69, 9.17) is 9.47 Å². The van der Waals surface area contributed by atoms with Crippen molar-refractivity contribution in [1.29, 1.82) is 0 Å². The summed E-state index contributed by atoms with van der Waals surface area (Å²) < 4.78 is 10.8. The van der Waals surface area contributed by atoms with Gasteiger partial charge < -0.3 is 14.8 Å². The molecule has 0 aliphatic heterocycles. The molecule has 0 bridgehead atoms. The summed E-state index contributed by atoms with van der Waals surface area (Å²) in [6, 6.07) is 8.34. The van der Waals surface area contributed by atoms with E-state index >= 15 is 0 Å². The van der Waals surface area contributed by atoms with Gasteiger partial charge in [-0.2, -0.15) is 0 Å². The van der Waals surface area contributed by atoms with Crippen LogP contribution in [0.2, 0.25) is 0 Å². The lowest BCUT2D eigenvalue weighted by Crippen LogP contribution is -2.12. The largest absolute Gasteiger partial charge is 0.383 e. The molecule has 0 unspecified atom stereocenters. The van der Waals surface area contributed by atoms with Crippen molar-refractivity contribution in [2.24, 2.45) is 0 Å². The minimum Gasteiger partial charge on any atom is -0.383 e. The Morgan fingerprint density at radius 3 is 2.53 bits per heavy atom. The molecule has 17 heavy (non-hydrogen) atoms. The van der Waals surface area contributed by atoms with Crippen LogP contribution in [0, 0.1) is 6.92 Å². The van der Waals surface area contributed by atoms with Gasteiger partial charge in [0.15, 0.2) is 0 Å². The van der Waals surface area contributed by atoms with Gasteiger partial charge in [0.25, 0.3) is 0 Å². The molecule has 0 fully saturated rings. The van der Waals surface area contributed by atoms with Crippen molar-refractivity contribution in [1.82, 2.24) is 0 Å². The Morgan fingerprint density at radius 2 is 1.82 bits per heavy atom. The maximum Gasteiger partial charge on any atom is 0.0701 e. The first-order chi connectivity index (χ1) is 8.33. The number of anilines is 1. The fourth-order valence-electron chi connectivity index (χ4n) is 1.49. The van der Waals surface area contributed by atoms with E-state index in [9.17, 15) is 0 Å². The smallest absolute Gasteiger partial charge is 0.0701 e. The normalized spacial score (nSPS) is 10.5. The van der Waals surface area contributed by atoms with Crippen molar-refractivity contribution in [3.05, 3.63) is 29.8 Å². The summed E-state index contributed by atoms with van der Waals surface area (Å²) >= 11 is 0. The number of hydrogen-bond donors (Lipinski definition) is 1. The quantitative estimate of drug-likeness (QED) is 0.670. The highest BCUT2D eigenvalue weighted by atomic mass is 16.5. The van der Waals surface area contributed by atoms with Crippen LogP contribution in [0.1, 0.15) is 18.9 Å². The molecule has 0 heterocycles. The van der Waals surface area contributed by atoms with Gasteiger partial charge in [-0.1, -0.05) is 19.1 Å². The van der Waals surface area contributed by atoms with E-state index in [-0.39, 0.29) is 0 Å². The summed E-state index contributed by atoms with van der Waals surface area (Å²) in [4.78, 5) is 0. The van der Waals surface area contributed by atoms with Crippen LogP contribution in [0.4, 0.5) is 5.69 Å². The monoisotopic (exact) mass is 237 g/mol. The Bertz CT molecular complexity index is 302. The highest BCUT2D eigenvalue weighted by Gasteiger charge is 1.92. The molecule has 0 saturated heterocycles.